The predicted molar refractivity (Wildman–Crippen MR) is 97.7 cm³/mol. The van der Waals surface area contributed by atoms with Gasteiger partial charge in [-0.15, -0.1) is 0 Å². The summed E-state index contributed by atoms with van der Waals surface area (Å²) in [5, 5.41) is 2.47. The van der Waals surface area contributed by atoms with Gasteiger partial charge in [-0.2, -0.15) is 0 Å². The van der Waals surface area contributed by atoms with E-state index in [2.05, 4.69) is 5.32 Å². The van der Waals surface area contributed by atoms with Gasteiger partial charge in [0.2, 0.25) is 14.9 Å². The molecular weight excluding hydrogens is 350 g/mol. The number of rotatable bonds is 5. The second-order valence-electron chi connectivity index (χ2n) is 6.10. The lowest BCUT2D eigenvalue weighted by molar-refractivity contribution is 0.0918. The molecule has 0 radical (unpaired) electrons. The zero-order valence-electron chi connectivity index (χ0n) is 14.5. The highest BCUT2D eigenvalue weighted by Gasteiger charge is 2.23. The van der Waals surface area contributed by atoms with Crippen molar-refractivity contribution in [1.29, 1.82) is 0 Å². The average molecular weight is 369 g/mol. The van der Waals surface area contributed by atoms with Crippen LogP contribution >= 0.6 is 0 Å². The van der Waals surface area contributed by atoms with Crippen molar-refractivity contribution in [3.63, 3.8) is 0 Å². The molecular formula is C20H19NO4S. The van der Waals surface area contributed by atoms with Crippen LogP contribution in [0.1, 0.15) is 27.2 Å². The van der Waals surface area contributed by atoms with E-state index in [1.165, 1.54) is 24.3 Å². The van der Waals surface area contributed by atoms with Crippen LogP contribution in [0.2, 0.25) is 0 Å². The minimum absolute atomic E-state index is 0.0391. The molecule has 0 unspecified atom stereocenters. The van der Waals surface area contributed by atoms with Crippen molar-refractivity contribution in [3.05, 3.63) is 83.1 Å². The summed E-state index contributed by atoms with van der Waals surface area (Å²) < 4.78 is 30.4. The summed E-state index contributed by atoms with van der Waals surface area (Å²) in [6.45, 7) is 4.20. The standard InChI is InChI=1S/C20H19NO4S/c1-14-3-7-16(8-4-14)13-21-20(22)18-11-12-19(25-18)26(23,24)17-9-5-15(2)6-10-17/h3-12H,13H2,1-2H3,(H,21,22). The zero-order chi connectivity index (χ0) is 18.7. The van der Waals surface area contributed by atoms with Crippen molar-refractivity contribution in [2.45, 2.75) is 30.4 Å². The van der Waals surface area contributed by atoms with E-state index >= 15 is 0 Å². The maximum atomic E-state index is 12.6. The van der Waals surface area contributed by atoms with E-state index in [0.29, 0.717) is 6.54 Å². The van der Waals surface area contributed by atoms with Gasteiger partial charge in [-0.3, -0.25) is 4.79 Å². The quantitative estimate of drug-likeness (QED) is 0.745. The Balaban J connectivity index is 1.73. The Morgan fingerprint density at radius 2 is 1.46 bits per heavy atom. The summed E-state index contributed by atoms with van der Waals surface area (Å²) in [4.78, 5) is 12.3. The zero-order valence-corrected chi connectivity index (χ0v) is 15.3. The van der Waals surface area contributed by atoms with E-state index < -0.39 is 15.7 Å². The maximum Gasteiger partial charge on any atom is 0.287 e. The molecule has 0 atom stereocenters. The Labute approximate surface area is 152 Å². The van der Waals surface area contributed by atoms with Gasteiger partial charge in [-0.1, -0.05) is 47.5 Å². The van der Waals surface area contributed by atoms with Crippen molar-refractivity contribution >= 4 is 15.7 Å². The Morgan fingerprint density at radius 1 is 0.885 bits per heavy atom. The summed E-state index contributed by atoms with van der Waals surface area (Å²) in [5.41, 5.74) is 3.04. The molecule has 0 aliphatic rings. The van der Waals surface area contributed by atoms with Gasteiger partial charge in [0.15, 0.2) is 5.76 Å². The molecule has 0 aliphatic carbocycles. The molecule has 26 heavy (non-hydrogen) atoms. The lowest BCUT2D eigenvalue weighted by Gasteiger charge is -2.04. The first-order chi connectivity index (χ1) is 12.4. The van der Waals surface area contributed by atoms with Gasteiger partial charge in [0.05, 0.1) is 4.90 Å². The van der Waals surface area contributed by atoms with Gasteiger partial charge in [0.1, 0.15) is 0 Å². The average Bonchev–Trinajstić information content (AvgIpc) is 3.12. The van der Waals surface area contributed by atoms with Gasteiger partial charge in [0, 0.05) is 6.54 Å². The highest BCUT2D eigenvalue weighted by Crippen LogP contribution is 2.23. The fraction of sp³-hybridized carbons (Fsp3) is 0.150. The molecule has 0 aliphatic heterocycles. The van der Waals surface area contributed by atoms with Crippen LogP contribution < -0.4 is 5.32 Å². The lowest BCUT2D eigenvalue weighted by Crippen LogP contribution is -2.22. The minimum Gasteiger partial charge on any atom is -0.439 e. The van der Waals surface area contributed by atoms with Crippen molar-refractivity contribution in [3.8, 4) is 0 Å². The third-order valence-electron chi connectivity index (χ3n) is 3.97. The number of hydrogen-bond donors (Lipinski definition) is 1. The van der Waals surface area contributed by atoms with Crippen LogP contribution in [0.3, 0.4) is 0 Å². The van der Waals surface area contributed by atoms with Gasteiger partial charge in [-0.05, 0) is 43.7 Å². The van der Waals surface area contributed by atoms with Crippen LogP contribution in [0.25, 0.3) is 0 Å². The molecule has 1 heterocycles. The molecule has 5 nitrogen and oxygen atoms in total. The molecule has 3 rings (SSSR count). The molecule has 1 aromatic heterocycles. The van der Waals surface area contributed by atoms with Gasteiger partial charge < -0.3 is 9.73 Å². The molecule has 1 amide bonds. The van der Waals surface area contributed by atoms with E-state index in [0.717, 1.165) is 16.7 Å². The molecule has 0 saturated heterocycles. The third-order valence-corrected chi connectivity index (χ3v) is 5.62. The highest BCUT2D eigenvalue weighted by molar-refractivity contribution is 7.91. The summed E-state index contributed by atoms with van der Waals surface area (Å²) in [7, 11) is -3.79. The van der Waals surface area contributed by atoms with Crippen LogP contribution in [0.5, 0.6) is 0 Å². The molecule has 3 aromatic rings. The van der Waals surface area contributed by atoms with Gasteiger partial charge in [-0.25, -0.2) is 8.42 Å². The Morgan fingerprint density at radius 3 is 2.08 bits per heavy atom. The van der Waals surface area contributed by atoms with Crippen LogP contribution in [0, 0.1) is 13.8 Å². The van der Waals surface area contributed by atoms with Crippen LogP contribution in [-0.2, 0) is 16.4 Å². The van der Waals surface area contributed by atoms with Gasteiger partial charge in [0.25, 0.3) is 5.91 Å². The second-order valence-corrected chi connectivity index (χ2v) is 7.98. The largest absolute Gasteiger partial charge is 0.439 e. The number of sulfone groups is 1. The molecule has 0 spiro atoms. The monoisotopic (exact) mass is 369 g/mol. The highest BCUT2D eigenvalue weighted by atomic mass is 32.2. The predicted octanol–water partition coefficient (Wildman–Crippen LogP) is 3.66. The van der Waals surface area contributed by atoms with E-state index in [1.54, 1.807) is 12.1 Å². The minimum atomic E-state index is -3.79. The number of amides is 1. The van der Waals surface area contributed by atoms with Crippen LogP contribution in [0.15, 0.2) is 75.1 Å². The summed E-state index contributed by atoms with van der Waals surface area (Å²) >= 11 is 0. The number of benzene rings is 2. The first kappa shape index (κ1) is 17.9. The lowest BCUT2D eigenvalue weighted by atomic mass is 10.1. The van der Waals surface area contributed by atoms with E-state index in [9.17, 15) is 13.2 Å². The molecule has 1 N–H and O–H groups in total. The fourth-order valence-corrected chi connectivity index (χ4v) is 3.57. The number of nitrogens with one attached hydrogen (secondary N) is 1. The molecule has 2 aromatic carbocycles. The van der Waals surface area contributed by atoms with Crippen molar-refractivity contribution in [1.82, 2.24) is 5.32 Å². The Bertz CT molecular complexity index is 1020. The SMILES string of the molecule is Cc1ccc(CNC(=O)c2ccc(S(=O)(=O)c3ccc(C)cc3)o2)cc1. The summed E-state index contributed by atoms with van der Waals surface area (Å²) in [6.07, 6.45) is 0. The van der Waals surface area contributed by atoms with Crippen molar-refractivity contribution in [2.75, 3.05) is 0 Å². The Hall–Kier alpha value is -2.86. The van der Waals surface area contributed by atoms with E-state index in [-0.39, 0.29) is 15.7 Å². The molecule has 0 fully saturated rings. The second kappa shape index (κ2) is 7.17. The van der Waals surface area contributed by atoms with Crippen molar-refractivity contribution < 1.29 is 17.6 Å². The third kappa shape index (κ3) is 3.86. The normalized spacial score (nSPS) is 11.3. The van der Waals surface area contributed by atoms with Crippen molar-refractivity contribution in [2.24, 2.45) is 0 Å². The molecule has 6 heteroatoms. The molecule has 0 saturated carbocycles. The molecule has 134 valence electrons. The number of hydrogen-bond acceptors (Lipinski definition) is 4. The van der Waals surface area contributed by atoms with Crippen LogP contribution in [0.4, 0.5) is 0 Å². The number of carbonyl (C=O) groups is 1. The first-order valence-corrected chi connectivity index (χ1v) is 9.60. The van der Waals surface area contributed by atoms with E-state index in [4.69, 9.17) is 4.42 Å². The number of furan rings is 1. The number of carbonyl (C=O) groups excluding carboxylic acids is 1. The summed E-state index contributed by atoms with van der Waals surface area (Å²) in [5.74, 6) is -0.501. The Kier molecular flexibility index (Phi) is 4.95. The maximum absolute atomic E-state index is 12.6. The summed E-state index contributed by atoms with van der Waals surface area (Å²) in [6, 6.07) is 16.9. The fourth-order valence-electron chi connectivity index (χ4n) is 2.40. The van der Waals surface area contributed by atoms with Crippen LogP contribution in [-0.4, -0.2) is 14.3 Å². The van der Waals surface area contributed by atoms with E-state index in [1.807, 2.05) is 38.1 Å². The number of aryl methyl sites for hydroxylation is 2. The molecule has 0 bridgehead atoms. The first-order valence-electron chi connectivity index (χ1n) is 8.11. The smallest absolute Gasteiger partial charge is 0.287 e. The topological polar surface area (TPSA) is 76.4 Å². The van der Waals surface area contributed by atoms with Gasteiger partial charge >= 0.3 is 0 Å².